The second-order valence-corrected chi connectivity index (χ2v) is 10.9. The number of allylic oxidation sites excluding steroid dienone is 3. The first-order valence-corrected chi connectivity index (χ1v) is 13.2. The standard InChI is InChI=1S/C26H48NP/c1-4-5-6-7-12-15-26-25(23-18-16-21(2)17-19-23)20-24(27-26)14-11-9-8-10-13-22(3)28/h16,18-19,21-22,24-27H,4-15,17,20,28H2,1-3H3/t21-,22-,24?,25-,26?/m1/s1. The van der Waals surface area contributed by atoms with E-state index in [0.717, 1.165) is 23.5 Å². The highest BCUT2D eigenvalue weighted by atomic mass is 31.0. The van der Waals surface area contributed by atoms with Crippen LogP contribution in [0.25, 0.3) is 0 Å². The van der Waals surface area contributed by atoms with Gasteiger partial charge in [-0.25, -0.2) is 0 Å². The molecule has 2 aliphatic rings. The highest BCUT2D eigenvalue weighted by molar-refractivity contribution is 7.17. The number of rotatable bonds is 14. The van der Waals surface area contributed by atoms with Crippen molar-refractivity contribution in [3.63, 3.8) is 0 Å². The molecular formula is C26H48NP. The van der Waals surface area contributed by atoms with Crippen molar-refractivity contribution < 1.29 is 0 Å². The van der Waals surface area contributed by atoms with E-state index >= 15 is 0 Å². The summed E-state index contributed by atoms with van der Waals surface area (Å²) in [6.45, 7) is 6.96. The molecule has 2 heteroatoms. The largest absolute Gasteiger partial charge is 0.311 e. The molecule has 0 bridgehead atoms. The summed E-state index contributed by atoms with van der Waals surface area (Å²) in [5.74, 6) is 1.49. The Morgan fingerprint density at radius 2 is 1.75 bits per heavy atom. The van der Waals surface area contributed by atoms with Gasteiger partial charge in [0, 0.05) is 18.0 Å². The summed E-state index contributed by atoms with van der Waals surface area (Å²) in [7, 11) is 2.93. The van der Waals surface area contributed by atoms with Crippen molar-refractivity contribution in [2.24, 2.45) is 11.8 Å². The third-order valence-electron chi connectivity index (χ3n) is 6.83. The third-order valence-corrected chi connectivity index (χ3v) is 7.16. The maximum absolute atomic E-state index is 4.07. The minimum absolute atomic E-state index is 0.717. The zero-order chi connectivity index (χ0) is 20.2. The summed E-state index contributed by atoms with van der Waals surface area (Å²) < 4.78 is 0. The zero-order valence-corrected chi connectivity index (χ0v) is 20.3. The number of unbranched alkanes of at least 4 members (excludes halogenated alkanes) is 7. The molecule has 1 aliphatic heterocycles. The number of nitrogens with one attached hydrogen (secondary N) is 1. The summed E-state index contributed by atoms with van der Waals surface area (Å²) in [6.07, 6.45) is 26.8. The molecule has 0 aromatic rings. The number of hydrogen-bond acceptors (Lipinski definition) is 1. The first-order valence-electron chi connectivity index (χ1n) is 12.5. The van der Waals surface area contributed by atoms with Gasteiger partial charge in [-0.3, -0.25) is 0 Å². The highest BCUT2D eigenvalue weighted by Crippen LogP contribution is 2.35. The van der Waals surface area contributed by atoms with Crippen molar-refractivity contribution in [3.05, 3.63) is 23.8 Å². The molecule has 3 unspecified atom stereocenters. The molecule has 0 amide bonds. The van der Waals surface area contributed by atoms with E-state index in [1.165, 1.54) is 89.9 Å². The summed E-state index contributed by atoms with van der Waals surface area (Å²) in [4.78, 5) is 0. The lowest BCUT2D eigenvalue weighted by molar-refractivity contribution is 0.432. The minimum Gasteiger partial charge on any atom is -0.311 e. The van der Waals surface area contributed by atoms with Crippen molar-refractivity contribution >= 4 is 9.24 Å². The van der Waals surface area contributed by atoms with Gasteiger partial charge in [-0.1, -0.05) is 96.8 Å². The van der Waals surface area contributed by atoms with Gasteiger partial charge in [0.1, 0.15) is 0 Å². The summed E-state index contributed by atoms with van der Waals surface area (Å²) in [5, 5.41) is 4.07. The fourth-order valence-electron chi connectivity index (χ4n) is 5.01. The van der Waals surface area contributed by atoms with Crippen molar-refractivity contribution in [1.82, 2.24) is 5.32 Å². The first kappa shape index (κ1) is 24.1. The molecule has 1 saturated heterocycles. The molecule has 0 saturated carbocycles. The van der Waals surface area contributed by atoms with E-state index in [1.807, 2.05) is 0 Å². The molecule has 0 spiro atoms. The Balaban J connectivity index is 1.76. The van der Waals surface area contributed by atoms with Crippen LogP contribution in [-0.4, -0.2) is 17.7 Å². The van der Waals surface area contributed by atoms with Gasteiger partial charge >= 0.3 is 0 Å². The first-order chi connectivity index (χ1) is 13.6. The van der Waals surface area contributed by atoms with Gasteiger partial charge in [0.15, 0.2) is 0 Å². The van der Waals surface area contributed by atoms with E-state index in [0.29, 0.717) is 6.04 Å². The van der Waals surface area contributed by atoms with Crippen molar-refractivity contribution in [2.45, 2.75) is 128 Å². The average Bonchev–Trinajstić information content (AvgIpc) is 3.08. The Hall–Kier alpha value is -0.130. The molecular weight excluding hydrogens is 357 g/mol. The van der Waals surface area contributed by atoms with E-state index < -0.39 is 0 Å². The molecule has 1 heterocycles. The molecule has 1 nitrogen and oxygen atoms in total. The maximum atomic E-state index is 4.07. The van der Waals surface area contributed by atoms with Gasteiger partial charge in [-0.05, 0) is 49.3 Å². The van der Waals surface area contributed by atoms with Crippen LogP contribution in [0.1, 0.15) is 111 Å². The summed E-state index contributed by atoms with van der Waals surface area (Å²) >= 11 is 0. The van der Waals surface area contributed by atoms with Crippen LogP contribution in [0, 0.1) is 11.8 Å². The molecule has 1 N–H and O–H groups in total. The Kier molecular flexibility index (Phi) is 12.1. The monoisotopic (exact) mass is 405 g/mol. The second-order valence-electron chi connectivity index (χ2n) is 9.76. The molecule has 0 aromatic carbocycles. The van der Waals surface area contributed by atoms with Crippen LogP contribution in [0.2, 0.25) is 0 Å². The second kappa shape index (κ2) is 14.0. The third kappa shape index (κ3) is 9.13. The Bertz CT molecular complexity index is 467. The smallest absolute Gasteiger partial charge is 0.0139 e. The molecule has 2 rings (SSSR count). The van der Waals surface area contributed by atoms with Crippen LogP contribution in [0.4, 0.5) is 0 Å². The van der Waals surface area contributed by atoms with Crippen molar-refractivity contribution in [1.29, 1.82) is 0 Å². The summed E-state index contributed by atoms with van der Waals surface area (Å²) in [5.41, 5.74) is 2.43. The van der Waals surface area contributed by atoms with Gasteiger partial charge < -0.3 is 5.32 Å². The fraction of sp³-hybridized carbons (Fsp3) is 0.846. The van der Waals surface area contributed by atoms with E-state index in [2.05, 4.69) is 53.6 Å². The van der Waals surface area contributed by atoms with Gasteiger partial charge in [-0.15, -0.1) is 9.24 Å². The molecule has 6 atom stereocenters. The van der Waals surface area contributed by atoms with Crippen LogP contribution in [-0.2, 0) is 0 Å². The van der Waals surface area contributed by atoms with Gasteiger partial charge in [0.05, 0.1) is 0 Å². The van der Waals surface area contributed by atoms with Crippen molar-refractivity contribution in [2.75, 3.05) is 0 Å². The molecule has 0 aromatic heterocycles. The van der Waals surface area contributed by atoms with Crippen LogP contribution in [0.3, 0.4) is 0 Å². The minimum atomic E-state index is 0.717. The van der Waals surface area contributed by atoms with Crippen LogP contribution >= 0.6 is 9.24 Å². The predicted molar refractivity (Wildman–Crippen MR) is 130 cm³/mol. The lowest BCUT2D eigenvalue weighted by Gasteiger charge is -2.23. The average molecular weight is 406 g/mol. The fourth-order valence-corrected chi connectivity index (χ4v) is 5.24. The van der Waals surface area contributed by atoms with E-state index in [-0.39, 0.29) is 0 Å². The Morgan fingerprint density at radius 1 is 1.04 bits per heavy atom. The zero-order valence-electron chi connectivity index (χ0n) is 19.1. The molecule has 28 heavy (non-hydrogen) atoms. The maximum Gasteiger partial charge on any atom is 0.0139 e. The predicted octanol–water partition coefficient (Wildman–Crippen LogP) is 7.82. The van der Waals surface area contributed by atoms with Crippen molar-refractivity contribution in [3.8, 4) is 0 Å². The van der Waals surface area contributed by atoms with Crippen LogP contribution < -0.4 is 5.32 Å². The van der Waals surface area contributed by atoms with E-state index in [4.69, 9.17) is 0 Å². The summed E-state index contributed by atoms with van der Waals surface area (Å²) in [6, 6.07) is 1.47. The quantitative estimate of drug-likeness (QED) is 0.229. The highest BCUT2D eigenvalue weighted by Gasteiger charge is 2.34. The lowest BCUT2D eigenvalue weighted by Crippen LogP contribution is -2.32. The molecule has 162 valence electrons. The topological polar surface area (TPSA) is 12.0 Å². The van der Waals surface area contributed by atoms with Gasteiger partial charge in [-0.2, -0.15) is 0 Å². The Morgan fingerprint density at radius 3 is 2.43 bits per heavy atom. The Labute approximate surface area is 178 Å². The van der Waals surface area contributed by atoms with Gasteiger partial charge in [0.2, 0.25) is 0 Å². The van der Waals surface area contributed by atoms with Crippen LogP contribution in [0.5, 0.6) is 0 Å². The SMILES string of the molecule is CCCCCCCC1NC(CCCCCC[C@@H](C)P)C[C@@H]1C1=CC[C@H](C)C=C1. The van der Waals surface area contributed by atoms with E-state index in [1.54, 1.807) is 5.57 Å². The van der Waals surface area contributed by atoms with Gasteiger partial charge in [0.25, 0.3) is 0 Å². The molecule has 1 aliphatic carbocycles. The number of hydrogen-bond donors (Lipinski definition) is 1. The van der Waals surface area contributed by atoms with E-state index in [9.17, 15) is 0 Å². The lowest BCUT2D eigenvalue weighted by atomic mass is 9.83. The van der Waals surface area contributed by atoms with Crippen LogP contribution in [0.15, 0.2) is 23.8 Å². The molecule has 1 fully saturated rings. The molecule has 0 radical (unpaired) electrons. The normalized spacial score (nSPS) is 28.5.